The van der Waals surface area contributed by atoms with Crippen LogP contribution >= 0.6 is 0 Å². The monoisotopic (exact) mass is 263 g/mol. The maximum absolute atomic E-state index is 11.9. The first-order valence-corrected chi connectivity index (χ1v) is 5.51. The van der Waals surface area contributed by atoms with E-state index in [1.54, 1.807) is 20.0 Å². The first-order valence-electron chi connectivity index (χ1n) is 5.51. The van der Waals surface area contributed by atoms with Crippen LogP contribution in [0.4, 0.5) is 5.69 Å². The summed E-state index contributed by atoms with van der Waals surface area (Å²) in [5.74, 6) is -0.913. The van der Waals surface area contributed by atoms with Crippen molar-refractivity contribution in [3.8, 4) is 0 Å². The Labute approximate surface area is 109 Å². The number of carbonyl (C=O) groups excluding carboxylic acids is 2. The number of nitrogens with zero attached hydrogens (tertiary/aromatic N) is 2. The van der Waals surface area contributed by atoms with E-state index in [0.717, 1.165) is 0 Å². The standard InChI is InChI=1S/C12H13N3O4/c1-7-9(10(12(17)18-3)14-15(7)2)13-11(16)8-5-4-6-19-8/h4-6H,1-3H3,(H,13,16). The minimum atomic E-state index is -0.613. The van der Waals surface area contributed by atoms with Gasteiger partial charge in [0.05, 0.1) is 24.8 Å². The number of aryl methyl sites for hydroxylation is 1. The lowest BCUT2D eigenvalue weighted by molar-refractivity contribution is 0.0594. The van der Waals surface area contributed by atoms with Crippen molar-refractivity contribution in [1.82, 2.24) is 9.78 Å². The highest BCUT2D eigenvalue weighted by atomic mass is 16.5. The molecular formula is C12H13N3O4. The van der Waals surface area contributed by atoms with Crippen molar-refractivity contribution in [1.29, 1.82) is 0 Å². The molecule has 0 atom stereocenters. The van der Waals surface area contributed by atoms with Crippen molar-refractivity contribution in [3.63, 3.8) is 0 Å². The zero-order valence-corrected chi connectivity index (χ0v) is 10.8. The number of amides is 1. The molecule has 0 aliphatic rings. The van der Waals surface area contributed by atoms with Crippen LogP contribution in [-0.4, -0.2) is 28.8 Å². The Morgan fingerprint density at radius 2 is 2.21 bits per heavy atom. The van der Waals surface area contributed by atoms with Gasteiger partial charge in [0.25, 0.3) is 5.91 Å². The smallest absolute Gasteiger partial charge is 0.360 e. The molecule has 0 spiro atoms. The number of rotatable bonds is 3. The van der Waals surface area contributed by atoms with Gasteiger partial charge in [0.15, 0.2) is 11.5 Å². The van der Waals surface area contributed by atoms with Crippen molar-refractivity contribution < 1.29 is 18.7 Å². The topological polar surface area (TPSA) is 86.4 Å². The third kappa shape index (κ3) is 2.35. The van der Waals surface area contributed by atoms with E-state index in [0.29, 0.717) is 11.4 Å². The van der Waals surface area contributed by atoms with Gasteiger partial charge in [0, 0.05) is 7.05 Å². The van der Waals surface area contributed by atoms with Gasteiger partial charge in [0.1, 0.15) is 0 Å². The summed E-state index contributed by atoms with van der Waals surface area (Å²) in [7, 11) is 2.93. The van der Waals surface area contributed by atoms with Crippen LogP contribution in [0.2, 0.25) is 0 Å². The summed E-state index contributed by atoms with van der Waals surface area (Å²) in [5.41, 5.74) is 1.01. The first-order chi connectivity index (χ1) is 9.04. The number of furan rings is 1. The quantitative estimate of drug-likeness (QED) is 0.845. The summed E-state index contributed by atoms with van der Waals surface area (Å²) in [6.45, 7) is 1.73. The van der Waals surface area contributed by atoms with E-state index in [1.807, 2.05) is 0 Å². The molecule has 0 aromatic carbocycles. The predicted octanol–water partition coefficient (Wildman–Crippen LogP) is 1.36. The summed E-state index contributed by atoms with van der Waals surface area (Å²) in [4.78, 5) is 23.5. The Morgan fingerprint density at radius 3 is 2.79 bits per heavy atom. The molecule has 0 aliphatic carbocycles. The molecule has 0 fully saturated rings. The van der Waals surface area contributed by atoms with E-state index >= 15 is 0 Å². The molecule has 1 amide bonds. The van der Waals surface area contributed by atoms with Gasteiger partial charge in [-0.05, 0) is 19.1 Å². The SMILES string of the molecule is COC(=O)c1nn(C)c(C)c1NC(=O)c1ccco1. The first kappa shape index (κ1) is 12.9. The minimum Gasteiger partial charge on any atom is -0.464 e. The molecule has 2 rings (SSSR count). The second-order valence-electron chi connectivity index (χ2n) is 3.86. The number of methoxy groups -OCH3 is 1. The van der Waals surface area contributed by atoms with Gasteiger partial charge < -0.3 is 14.5 Å². The van der Waals surface area contributed by atoms with E-state index in [2.05, 4.69) is 15.2 Å². The van der Waals surface area contributed by atoms with Crippen LogP contribution in [0.15, 0.2) is 22.8 Å². The fourth-order valence-corrected chi connectivity index (χ4v) is 1.58. The Bertz CT molecular complexity index is 613. The highest BCUT2D eigenvalue weighted by Crippen LogP contribution is 2.21. The zero-order chi connectivity index (χ0) is 14.0. The second-order valence-corrected chi connectivity index (χ2v) is 3.86. The lowest BCUT2D eigenvalue weighted by Crippen LogP contribution is -2.14. The molecule has 0 saturated heterocycles. The van der Waals surface area contributed by atoms with Crippen LogP contribution in [0, 0.1) is 6.92 Å². The van der Waals surface area contributed by atoms with Crippen LogP contribution in [-0.2, 0) is 11.8 Å². The zero-order valence-electron chi connectivity index (χ0n) is 10.8. The predicted molar refractivity (Wildman–Crippen MR) is 65.9 cm³/mol. The number of hydrogen-bond acceptors (Lipinski definition) is 5. The Kier molecular flexibility index (Phi) is 3.37. The second kappa shape index (κ2) is 4.97. The van der Waals surface area contributed by atoms with Gasteiger partial charge in [-0.25, -0.2) is 4.79 Å². The summed E-state index contributed by atoms with van der Waals surface area (Å²) < 4.78 is 11.1. The molecule has 2 aromatic rings. The van der Waals surface area contributed by atoms with Crippen molar-refractivity contribution in [2.24, 2.45) is 7.05 Å². The van der Waals surface area contributed by atoms with Gasteiger partial charge in [-0.1, -0.05) is 0 Å². The average molecular weight is 263 g/mol. The largest absolute Gasteiger partial charge is 0.464 e. The fraction of sp³-hybridized carbons (Fsp3) is 0.250. The highest BCUT2D eigenvalue weighted by Gasteiger charge is 2.22. The molecule has 1 N–H and O–H groups in total. The van der Waals surface area contributed by atoms with Crippen LogP contribution in [0.1, 0.15) is 26.7 Å². The third-order valence-electron chi connectivity index (χ3n) is 2.70. The molecule has 0 unspecified atom stereocenters. The third-order valence-corrected chi connectivity index (χ3v) is 2.70. The highest BCUT2D eigenvalue weighted by molar-refractivity contribution is 6.06. The summed E-state index contributed by atoms with van der Waals surface area (Å²) in [6, 6.07) is 3.13. The molecule has 7 heteroatoms. The van der Waals surface area contributed by atoms with E-state index < -0.39 is 11.9 Å². The molecule has 19 heavy (non-hydrogen) atoms. The van der Waals surface area contributed by atoms with Crippen molar-refractivity contribution >= 4 is 17.6 Å². The van der Waals surface area contributed by atoms with Crippen molar-refractivity contribution in [2.75, 3.05) is 12.4 Å². The van der Waals surface area contributed by atoms with Crippen molar-refractivity contribution in [3.05, 3.63) is 35.5 Å². The van der Waals surface area contributed by atoms with E-state index in [-0.39, 0.29) is 11.5 Å². The lowest BCUT2D eigenvalue weighted by Gasteiger charge is -2.04. The number of nitrogens with one attached hydrogen (secondary N) is 1. The van der Waals surface area contributed by atoms with Crippen LogP contribution in [0.5, 0.6) is 0 Å². The summed E-state index contributed by atoms with van der Waals surface area (Å²) in [6.07, 6.45) is 1.40. The fourth-order valence-electron chi connectivity index (χ4n) is 1.58. The van der Waals surface area contributed by atoms with Gasteiger partial charge in [-0.15, -0.1) is 0 Å². The molecule has 0 aliphatic heterocycles. The molecule has 2 aromatic heterocycles. The van der Waals surface area contributed by atoms with E-state index in [1.165, 1.54) is 24.1 Å². The minimum absolute atomic E-state index is 0.0578. The molecule has 0 bridgehead atoms. The summed E-state index contributed by atoms with van der Waals surface area (Å²) in [5, 5.41) is 6.61. The number of aromatic nitrogens is 2. The Morgan fingerprint density at radius 1 is 1.47 bits per heavy atom. The number of anilines is 1. The normalized spacial score (nSPS) is 10.3. The molecule has 7 nitrogen and oxygen atoms in total. The number of hydrogen-bond donors (Lipinski definition) is 1. The number of ether oxygens (including phenoxy) is 1. The number of carbonyl (C=O) groups is 2. The molecule has 0 saturated carbocycles. The van der Waals surface area contributed by atoms with Crippen LogP contribution in [0.25, 0.3) is 0 Å². The van der Waals surface area contributed by atoms with Gasteiger partial charge in [0.2, 0.25) is 0 Å². The van der Waals surface area contributed by atoms with Crippen LogP contribution in [0.3, 0.4) is 0 Å². The maximum Gasteiger partial charge on any atom is 0.360 e. The van der Waals surface area contributed by atoms with E-state index in [9.17, 15) is 9.59 Å². The lowest BCUT2D eigenvalue weighted by atomic mass is 10.3. The number of esters is 1. The van der Waals surface area contributed by atoms with Gasteiger partial charge >= 0.3 is 5.97 Å². The van der Waals surface area contributed by atoms with Gasteiger partial charge in [-0.3, -0.25) is 9.48 Å². The van der Waals surface area contributed by atoms with Crippen LogP contribution < -0.4 is 5.32 Å². The summed E-state index contributed by atoms with van der Waals surface area (Å²) >= 11 is 0. The maximum atomic E-state index is 11.9. The molecule has 0 radical (unpaired) electrons. The van der Waals surface area contributed by atoms with Crippen molar-refractivity contribution in [2.45, 2.75) is 6.92 Å². The Balaban J connectivity index is 2.34. The molecule has 100 valence electrons. The molecular weight excluding hydrogens is 250 g/mol. The van der Waals surface area contributed by atoms with Gasteiger partial charge in [-0.2, -0.15) is 5.10 Å². The van der Waals surface area contributed by atoms with E-state index in [4.69, 9.17) is 4.42 Å². The Hall–Kier alpha value is -2.57. The molecule has 2 heterocycles. The average Bonchev–Trinajstić information content (AvgIpc) is 3.01.